The number of nitrogens with one attached hydrogen (secondary N) is 1. The molecule has 5 heteroatoms. The summed E-state index contributed by atoms with van der Waals surface area (Å²) in [5.74, 6) is -0.138. The standard InChI is InChI=1S/C15H17BrN2O2/c1-9-4-5-10(16)6-11(9)12-8-17-13(18-12)7-15(2,3)14(19)20/h4-6,8H,7H2,1-3H3,(H,17,18)(H,19,20). The minimum atomic E-state index is -0.832. The van der Waals surface area contributed by atoms with Crippen molar-refractivity contribution in [3.05, 3.63) is 40.3 Å². The zero-order chi connectivity index (χ0) is 14.9. The Balaban J connectivity index is 2.30. The van der Waals surface area contributed by atoms with Gasteiger partial charge in [0.2, 0.25) is 0 Å². The van der Waals surface area contributed by atoms with Gasteiger partial charge >= 0.3 is 5.97 Å². The van der Waals surface area contributed by atoms with Crippen LogP contribution in [0.3, 0.4) is 0 Å². The number of aliphatic carboxylic acids is 1. The maximum absolute atomic E-state index is 11.2. The Hall–Kier alpha value is -1.62. The van der Waals surface area contributed by atoms with Gasteiger partial charge in [-0.1, -0.05) is 22.0 Å². The first-order chi connectivity index (χ1) is 9.29. The van der Waals surface area contributed by atoms with Crippen LogP contribution in [0.5, 0.6) is 0 Å². The van der Waals surface area contributed by atoms with Crippen molar-refractivity contribution in [1.82, 2.24) is 9.97 Å². The fourth-order valence-electron chi connectivity index (χ4n) is 1.97. The van der Waals surface area contributed by atoms with Crippen molar-refractivity contribution in [1.29, 1.82) is 0 Å². The highest BCUT2D eigenvalue weighted by atomic mass is 79.9. The maximum Gasteiger partial charge on any atom is 0.309 e. The molecule has 2 N–H and O–H groups in total. The lowest BCUT2D eigenvalue weighted by molar-refractivity contribution is -0.146. The predicted octanol–water partition coefficient (Wildman–Crippen LogP) is 3.80. The smallest absolute Gasteiger partial charge is 0.309 e. The van der Waals surface area contributed by atoms with E-state index in [0.29, 0.717) is 12.2 Å². The summed E-state index contributed by atoms with van der Waals surface area (Å²) < 4.78 is 1.00. The highest BCUT2D eigenvalue weighted by Crippen LogP contribution is 2.27. The molecule has 0 unspecified atom stereocenters. The largest absolute Gasteiger partial charge is 0.481 e. The van der Waals surface area contributed by atoms with Crippen molar-refractivity contribution < 1.29 is 9.90 Å². The number of halogens is 1. The van der Waals surface area contributed by atoms with E-state index in [1.807, 2.05) is 25.1 Å². The van der Waals surface area contributed by atoms with Gasteiger partial charge in [0.05, 0.1) is 17.3 Å². The van der Waals surface area contributed by atoms with Crippen LogP contribution >= 0.6 is 15.9 Å². The molecule has 0 bridgehead atoms. The van der Waals surface area contributed by atoms with E-state index in [2.05, 4.69) is 25.9 Å². The van der Waals surface area contributed by atoms with E-state index in [1.165, 1.54) is 0 Å². The van der Waals surface area contributed by atoms with Crippen LogP contribution in [0, 0.1) is 12.3 Å². The van der Waals surface area contributed by atoms with Crippen LogP contribution in [0.25, 0.3) is 11.3 Å². The second-order valence-corrected chi connectivity index (χ2v) is 6.48. The van der Waals surface area contributed by atoms with Crippen molar-refractivity contribution in [2.24, 2.45) is 5.41 Å². The monoisotopic (exact) mass is 336 g/mol. The Morgan fingerprint density at radius 2 is 2.15 bits per heavy atom. The number of carbonyl (C=O) groups is 1. The second-order valence-electron chi connectivity index (χ2n) is 5.57. The number of H-pyrrole nitrogens is 1. The fraction of sp³-hybridized carbons (Fsp3) is 0.333. The molecule has 4 nitrogen and oxygen atoms in total. The topological polar surface area (TPSA) is 66.0 Å². The van der Waals surface area contributed by atoms with Crippen LogP contribution in [0.15, 0.2) is 28.9 Å². The summed E-state index contributed by atoms with van der Waals surface area (Å²) in [5, 5.41) is 9.16. The predicted molar refractivity (Wildman–Crippen MR) is 81.6 cm³/mol. The Bertz CT molecular complexity index is 647. The van der Waals surface area contributed by atoms with Gasteiger partial charge in [-0.25, -0.2) is 4.98 Å². The fourth-order valence-corrected chi connectivity index (χ4v) is 2.33. The van der Waals surface area contributed by atoms with E-state index >= 15 is 0 Å². The molecule has 0 atom stereocenters. The number of aryl methyl sites for hydroxylation is 1. The summed E-state index contributed by atoms with van der Waals surface area (Å²) in [7, 11) is 0. The van der Waals surface area contributed by atoms with Crippen LogP contribution in [0.4, 0.5) is 0 Å². The Morgan fingerprint density at radius 1 is 1.45 bits per heavy atom. The van der Waals surface area contributed by atoms with Crippen LogP contribution in [-0.4, -0.2) is 21.0 Å². The molecule has 0 saturated carbocycles. The van der Waals surface area contributed by atoms with Gasteiger partial charge in [0.1, 0.15) is 5.82 Å². The summed E-state index contributed by atoms with van der Waals surface area (Å²) >= 11 is 3.46. The first-order valence-electron chi connectivity index (χ1n) is 6.33. The van der Waals surface area contributed by atoms with Gasteiger partial charge in [-0.05, 0) is 38.5 Å². The maximum atomic E-state index is 11.2. The van der Waals surface area contributed by atoms with E-state index in [9.17, 15) is 4.79 Å². The number of hydrogen-bond donors (Lipinski definition) is 2. The molecule has 2 rings (SSSR count). The molecule has 2 aromatic rings. The molecule has 1 aromatic carbocycles. The number of carboxylic acid groups (broad SMARTS) is 1. The zero-order valence-electron chi connectivity index (χ0n) is 11.7. The average molecular weight is 337 g/mol. The highest BCUT2D eigenvalue weighted by Gasteiger charge is 2.28. The zero-order valence-corrected chi connectivity index (χ0v) is 13.3. The second kappa shape index (κ2) is 5.40. The Morgan fingerprint density at radius 3 is 2.80 bits per heavy atom. The molecular weight excluding hydrogens is 320 g/mol. The molecule has 0 aliphatic rings. The number of rotatable bonds is 4. The molecule has 0 fully saturated rings. The molecule has 0 aliphatic carbocycles. The molecule has 1 aromatic heterocycles. The molecule has 0 radical (unpaired) electrons. The summed E-state index contributed by atoms with van der Waals surface area (Å²) in [6.07, 6.45) is 2.12. The first-order valence-corrected chi connectivity index (χ1v) is 7.13. The molecule has 0 amide bonds. The molecule has 0 aliphatic heterocycles. The van der Waals surface area contributed by atoms with Gasteiger partial charge in [0, 0.05) is 16.5 Å². The quantitative estimate of drug-likeness (QED) is 0.892. The van der Waals surface area contributed by atoms with Crippen molar-refractivity contribution >= 4 is 21.9 Å². The highest BCUT2D eigenvalue weighted by molar-refractivity contribution is 9.10. The molecular formula is C15H17BrN2O2. The average Bonchev–Trinajstić information content (AvgIpc) is 2.79. The van der Waals surface area contributed by atoms with Gasteiger partial charge in [0.15, 0.2) is 0 Å². The summed E-state index contributed by atoms with van der Waals surface area (Å²) in [6.45, 7) is 5.42. The lowest BCUT2D eigenvalue weighted by Crippen LogP contribution is -2.26. The normalized spacial score (nSPS) is 11.6. The van der Waals surface area contributed by atoms with E-state index < -0.39 is 11.4 Å². The number of aromatic amines is 1. The van der Waals surface area contributed by atoms with Crippen LogP contribution in [-0.2, 0) is 11.2 Å². The summed E-state index contributed by atoms with van der Waals surface area (Å²) in [5.41, 5.74) is 2.27. The molecule has 20 heavy (non-hydrogen) atoms. The number of hydrogen-bond acceptors (Lipinski definition) is 2. The Labute approximate surface area is 126 Å². The van der Waals surface area contributed by atoms with Crippen LogP contribution in [0.2, 0.25) is 0 Å². The lowest BCUT2D eigenvalue weighted by atomic mass is 9.89. The number of imidazole rings is 1. The number of benzene rings is 1. The third kappa shape index (κ3) is 3.10. The van der Waals surface area contributed by atoms with Crippen molar-refractivity contribution in [2.75, 3.05) is 0 Å². The van der Waals surface area contributed by atoms with E-state index in [4.69, 9.17) is 5.11 Å². The van der Waals surface area contributed by atoms with Crippen molar-refractivity contribution in [3.63, 3.8) is 0 Å². The van der Waals surface area contributed by atoms with Gasteiger partial charge in [-0.3, -0.25) is 4.79 Å². The minimum Gasteiger partial charge on any atom is -0.481 e. The van der Waals surface area contributed by atoms with Crippen LogP contribution in [0.1, 0.15) is 25.2 Å². The Kier molecular flexibility index (Phi) is 3.99. The van der Waals surface area contributed by atoms with E-state index in [-0.39, 0.29) is 0 Å². The number of aromatic nitrogens is 2. The van der Waals surface area contributed by atoms with Gasteiger partial charge in [-0.2, -0.15) is 0 Å². The molecule has 0 spiro atoms. The van der Waals surface area contributed by atoms with Crippen molar-refractivity contribution in [3.8, 4) is 11.3 Å². The van der Waals surface area contributed by atoms with E-state index in [0.717, 1.165) is 21.3 Å². The van der Waals surface area contributed by atoms with Gasteiger partial charge in [-0.15, -0.1) is 0 Å². The minimum absolute atomic E-state index is 0.370. The number of carboxylic acids is 1. The summed E-state index contributed by atoms with van der Waals surface area (Å²) in [4.78, 5) is 18.7. The third-order valence-corrected chi connectivity index (χ3v) is 3.80. The number of nitrogens with zero attached hydrogens (tertiary/aromatic N) is 1. The first kappa shape index (κ1) is 14.8. The van der Waals surface area contributed by atoms with Gasteiger partial charge in [0.25, 0.3) is 0 Å². The SMILES string of the molecule is Cc1ccc(Br)cc1-c1cnc(CC(C)(C)C(=O)O)[nH]1. The van der Waals surface area contributed by atoms with E-state index in [1.54, 1.807) is 20.0 Å². The van der Waals surface area contributed by atoms with Crippen LogP contribution < -0.4 is 0 Å². The lowest BCUT2D eigenvalue weighted by Gasteiger charge is -2.16. The molecule has 1 heterocycles. The van der Waals surface area contributed by atoms with Crippen molar-refractivity contribution in [2.45, 2.75) is 27.2 Å². The molecule has 0 saturated heterocycles. The van der Waals surface area contributed by atoms with Gasteiger partial charge < -0.3 is 10.1 Å². The molecule has 106 valence electrons. The summed E-state index contributed by atoms with van der Waals surface area (Å²) in [6, 6.07) is 6.04. The third-order valence-electron chi connectivity index (χ3n) is 3.31.